The van der Waals surface area contributed by atoms with Gasteiger partial charge in [-0.1, -0.05) is 0 Å². The number of amides is 2. The van der Waals surface area contributed by atoms with Gasteiger partial charge in [-0.05, 0) is 52.4 Å². The average molecular weight is 435 g/mol. The minimum absolute atomic E-state index is 0.0285. The molecule has 8 heteroatoms. The highest BCUT2D eigenvalue weighted by molar-refractivity contribution is 7.13. The molecule has 2 aliphatic heterocycles. The molecule has 1 saturated carbocycles. The summed E-state index contributed by atoms with van der Waals surface area (Å²) < 4.78 is 5.59. The van der Waals surface area contributed by atoms with Crippen molar-refractivity contribution in [2.24, 2.45) is 5.92 Å². The predicted molar refractivity (Wildman–Crippen MR) is 117 cm³/mol. The van der Waals surface area contributed by atoms with Gasteiger partial charge in [0.25, 0.3) is 5.91 Å². The lowest BCUT2D eigenvalue weighted by Gasteiger charge is -2.44. The summed E-state index contributed by atoms with van der Waals surface area (Å²) in [6.45, 7) is 8.55. The van der Waals surface area contributed by atoms with E-state index < -0.39 is 0 Å². The van der Waals surface area contributed by atoms with Gasteiger partial charge in [-0.15, -0.1) is 11.3 Å². The highest BCUT2D eigenvalue weighted by atomic mass is 32.1. The molecule has 4 rings (SSSR count). The third-order valence-corrected chi connectivity index (χ3v) is 7.60. The predicted octanol–water partition coefficient (Wildman–Crippen LogP) is 2.37. The lowest BCUT2D eigenvalue weighted by atomic mass is 9.98. The fourth-order valence-electron chi connectivity index (χ4n) is 4.81. The van der Waals surface area contributed by atoms with E-state index in [9.17, 15) is 9.59 Å². The summed E-state index contributed by atoms with van der Waals surface area (Å²) >= 11 is 1.45. The normalized spacial score (nSPS) is 23.0. The minimum Gasteiger partial charge on any atom is -0.381 e. The zero-order valence-electron chi connectivity index (χ0n) is 18.2. The first-order valence-electron chi connectivity index (χ1n) is 11.4. The Morgan fingerprint density at radius 1 is 1.17 bits per heavy atom. The van der Waals surface area contributed by atoms with Crippen molar-refractivity contribution < 1.29 is 14.3 Å². The number of thiazole rings is 1. The van der Waals surface area contributed by atoms with Crippen LogP contribution in [0.15, 0.2) is 0 Å². The zero-order valence-corrected chi connectivity index (χ0v) is 19.0. The molecule has 0 spiro atoms. The number of aryl methyl sites for hydroxylation is 2. The van der Waals surface area contributed by atoms with Crippen LogP contribution in [-0.2, 0) is 9.53 Å². The Morgan fingerprint density at radius 3 is 2.60 bits per heavy atom. The number of hydrogen-bond acceptors (Lipinski definition) is 6. The molecule has 3 heterocycles. The van der Waals surface area contributed by atoms with Gasteiger partial charge < -0.3 is 15.0 Å². The Hall–Kier alpha value is -1.51. The van der Waals surface area contributed by atoms with E-state index in [4.69, 9.17) is 4.74 Å². The molecule has 3 fully saturated rings. The molecule has 2 saturated heterocycles. The summed E-state index contributed by atoms with van der Waals surface area (Å²) in [5.41, 5.74) is 0.804. The van der Waals surface area contributed by atoms with E-state index >= 15 is 0 Å². The molecule has 30 heavy (non-hydrogen) atoms. The molecule has 0 radical (unpaired) electrons. The van der Waals surface area contributed by atoms with Gasteiger partial charge in [0, 0.05) is 57.4 Å². The topological polar surface area (TPSA) is 74.8 Å². The first-order chi connectivity index (χ1) is 14.5. The molecule has 1 aromatic rings. The number of rotatable bonds is 7. The molecule has 2 amide bonds. The van der Waals surface area contributed by atoms with E-state index in [1.165, 1.54) is 11.3 Å². The fourth-order valence-corrected chi connectivity index (χ4v) is 5.65. The number of aromatic nitrogens is 1. The van der Waals surface area contributed by atoms with Crippen molar-refractivity contribution in [2.45, 2.75) is 64.5 Å². The van der Waals surface area contributed by atoms with E-state index in [1.54, 1.807) is 0 Å². The second-order valence-electron chi connectivity index (χ2n) is 8.84. The third-order valence-electron chi connectivity index (χ3n) is 6.53. The van der Waals surface area contributed by atoms with Crippen LogP contribution in [0.25, 0.3) is 0 Å². The van der Waals surface area contributed by atoms with Crippen molar-refractivity contribution in [1.82, 2.24) is 20.1 Å². The lowest BCUT2D eigenvalue weighted by molar-refractivity contribution is -0.135. The quantitative estimate of drug-likeness (QED) is 0.713. The number of carbonyl (C=O) groups excluding carboxylic acids is 2. The second kappa shape index (κ2) is 9.75. The van der Waals surface area contributed by atoms with Gasteiger partial charge in [-0.25, -0.2) is 4.98 Å². The second-order valence-corrected chi connectivity index (χ2v) is 10.0. The molecule has 1 aromatic heterocycles. The summed E-state index contributed by atoms with van der Waals surface area (Å²) in [6, 6.07) is 0.831. The van der Waals surface area contributed by atoms with Gasteiger partial charge in [0.1, 0.15) is 4.88 Å². The largest absolute Gasteiger partial charge is 0.381 e. The standard InChI is InChI=1S/C22H34N4O3S/c1-15-20(30-16(2)24-15)21(27)23-9-11-26(18-7-12-29-13-8-18)19-4-3-10-25(14-19)22(28)17-5-6-17/h17-19H,3-14H2,1-2H3,(H,23,27). The van der Waals surface area contributed by atoms with Gasteiger partial charge in [-0.3, -0.25) is 14.5 Å². The molecule has 0 bridgehead atoms. The molecule has 3 aliphatic rings. The van der Waals surface area contributed by atoms with Crippen molar-refractivity contribution in [3.63, 3.8) is 0 Å². The fraction of sp³-hybridized carbons (Fsp3) is 0.773. The van der Waals surface area contributed by atoms with Crippen LogP contribution in [0.1, 0.15) is 58.9 Å². The maximum Gasteiger partial charge on any atom is 0.263 e. The highest BCUT2D eigenvalue weighted by Crippen LogP contribution is 2.33. The number of piperidine rings is 1. The van der Waals surface area contributed by atoms with Crippen LogP contribution in [-0.4, -0.2) is 78.1 Å². The maximum absolute atomic E-state index is 12.6. The van der Waals surface area contributed by atoms with Crippen LogP contribution in [0.4, 0.5) is 0 Å². The van der Waals surface area contributed by atoms with Gasteiger partial charge >= 0.3 is 0 Å². The van der Waals surface area contributed by atoms with Crippen molar-refractivity contribution in [1.29, 1.82) is 0 Å². The van der Waals surface area contributed by atoms with Crippen molar-refractivity contribution in [3.8, 4) is 0 Å². The van der Waals surface area contributed by atoms with Crippen molar-refractivity contribution in [3.05, 3.63) is 15.6 Å². The van der Waals surface area contributed by atoms with E-state index in [-0.39, 0.29) is 11.8 Å². The maximum atomic E-state index is 12.6. The van der Waals surface area contributed by atoms with Crippen LogP contribution in [0.2, 0.25) is 0 Å². The number of hydrogen-bond donors (Lipinski definition) is 1. The molecule has 166 valence electrons. The van der Waals surface area contributed by atoms with Gasteiger partial charge in [-0.2, -0.15) is 0 Å². The molecule has 7 nitrogen and oxygen atoms in total. The van der Waals surface area contributed by atoms with Crippen molar-refractivity contribution in [2.75, 3.05) is 39.4 Å². The van der Waals surface area contributed by atoms with Crippen LogP contribution in [0, 0.1) is 19.8 Å². The SMILES string of the molecule is Cc1nc(C)c(C(=O)NCCN(C2CCOCC2)C2CCCN(C(=O)C3CC3)C2)s1. The number of likely N-dealkylation sites (tertiary alicyclic amines) is 1. The molecular weight excluding hydrogens is 400 g/mol. The van der Waals surface area contributed by atoms with Crippen LogP contribution in [0.3, 0.4) is 0 Å². The van der Waals surface area contributed by atoms with Gasteiger partial charge in [0.15, 0.2) is 0 Å². The van der Waals surface area contributed by atoms with Gasteiger partial charge in [0.05, 0.1) is 10.7 Å². The Morgan fingerprint density at radius 2 is 1.93 bits per heavy atom. The highest BCUT2D eigenvalue weighted by Gasteiger charge is 2.37. The lowest BCUT2D eigenvalue weighted by Crippen LogP contribution is -2.55. The summed E-state index contributed by atoms with van der Waals surface area (Å²) in [4.78, 5) is 35.0. The molecular formula is C22H34N4O3S. The number of ether oxygens (including phenoxy) is 1. The molecule has 1 N–H and O–H groups in total. The Balaban J connectivity index is 1.37. The van der Waals surface area contributed by atoms with E-state index in [1.807, 2.05) is 13.8 Å². The Labute approximate surface area is 183 Å². The summed E-state index contributed by atoms with van der Waals surface area (Å²) in [5.74, 6) is 0.612. The van der Waals surface area contributed by atoms with Crippen LogP contribution in [0.5, 0.6) is 0 Å². The van der Waals surface area contributed by atoms with Crippen LogP contribution >= 0.6 is 11.3 Å². The number of nitrogens with zero attached hydrogens (tertiary/aromatic N) is 3. The van der Waals surface area contributed by atoms with Gasteiger partial charge in [0.2, 0.25) is 5.91 Å². The van der Waals surface area contributed by atoms with E-state index in [0.717, 1.165) is 82.1 Å². The molecule has 1 atom stereocenters. The van der Waals surface area contributed by atoms with Crippen molar-refractivity contribution >= 4 is 23.2 Å². The summed E-state index contributed by atoms with van der Waals surface area (Å²) in [5, 5.41) is 4.02. The third kappa shape index (κ3) is 5.21. The monoisotopic (exact) mass is 434 g/mol. The van der Waals surface area contributed by atoms with E-state index in [2.05, 4.69) is 20.1 Å². The molecule has 1 aliphatic carbocycles. The summed E-state index contributed by atoms with van der Waals surface area (Å²) in [7, 11) is 0. The number of nitrogens with one attached hydrogen (secondary N) is 1. The summed E-state index contributed by atoms with van der Waals surface area (Å²) in [6.07, 6.45) is 6.35. The Kier molecular flexibility index (Phi) is 7.05. The number of carbonyl (C=O) groups is 2. The minimum atomic E-state index is -0.0285. The first kappa shape index (κ1) is 21.7. The molecule has 1 unspecified atom stereocenters. The average Bonchev–Trinajstić information content (AvgIpc) is 3.55. The zero-order chi connectivity index (χ0) is 21.1. The van der Waals surface area contributed by atoms with E-state index in [0.29, 0.717) is 29.4 Å². The Bertz CT molecular complexity index is 758. The first-order valence-corrected chi connectivity index (χ1v) is 12.2. The smallest absolute Gasteiger partial charge is 0.263 e. The molecule has 0 aromatic carbocycles. The van der Waals surface area contributed by atoms with Crippen LogP contribution < -0.4 is 5.32 Å².